The quantitative estimate of drug-likeness (QED) is 0.329. The smallest absolute Gasteiger partial charge is 0.227 e. The lowest BCUT2D eigenvalue weighted by Gasteiger charge is -2.13. The van der Waals surface area contributed by atoms with Gasteiger partial charge in [-0.25, -0.2) is 15.0 Å². The first-order valence-corrected chi connectivity index (χ1v) is 10.9. The average molecular weight is 446 g/mol. The highest BCUT2D eigenvalue weighted by molar-refractivity contribution is 5.73. The van der Waals surface area contributed by atoms with E-state index in [1.807, 2.05) is 50.2 Å². The Hall–Kier alpha value is -3.94. The molecule has 0 aliphatic carbocycles. The van der Waals surface area contributed by atoms with Crippen LogP contribution in [0.4, 0.5) is 17.5 Å². The molecule has 0 atom stereocenters. The predicted molar refractivity (Wildman–Crippen MR) is 133 cm³/mol. The zero-order valence-electron chi connectivity index (χ0n) is 19.4. The minimum atomic E-state index is -0.0606. The Labute approximate surface area is 195 Å². The Morgan fingerprint density at radius 1 is 1.03 bits per heavy atom. The van der Waals surface area contributed by atoms with Gasteiger partial charge in [-0.3, -0.25) is 4.79 Å². The Morgan fingerprint density at radius 3 is 2.64 bits per heavy atom. The molecule has 0 spiro atoms. The Kier molecular flexibility index (Phi) is 8.35. The number of carbonyl (C=O) groups excluding carboxylic acids is 1. The molecule has 0 unspecified atom stereocenters. The molecule has 0 aliphatic heterocycles. The molecule has 1 amide bonds. The molecule has 8 nitrogen and oxygen atoms in total. The summed E-state index contributed by atoms with van der Waals surface area (Å²) in [7, 11) is 0. The molecule has 2 aromatic heterocycles. The highest BCUT2D eigenvalue weighted by Crippen LogP contribution is 2.26. The predicted octanol–water partition coefficient (Wildman–Crippen LogP) is 4.15. The number of pyridine rings is 1. The normalized spacial score (nSPS) is 10.4. The van der Waals surface area contributed by atoms with Crippen molar-refractivity contribution in [3.05, 3.63) is 72.2 Å². The molecule has 172 valence electrons. The fraction of sp³-hybridized carbons (Fsp3) is 0.280. The van der Waals surface area contributed by atoms with Crippen LogP contribution in [-0.4, -0.2) is 33.9 Å². The van der Waals surface area contributed by atoms with Gasteiger partial charge in [0.05, 0.1) is 5.69 Å². The molecule has 3 rings (SSSR count). The number of nitrogens with one attached hydrogen (secondary N) is 4. The number of hydrogen-bond acceptors (Lipinski definition) is 7. The summed E-state index contributed by atoms with van der Waals surface area (Å²) in [6.45, 7) is 11.5. The van der Waals surface area contributed by atoms with Gasteiger partial charge < -0.3 is 21.3 Å². The first kappa shape index (κ1) is 23.7. The molecule has 0 fully saturated rings. The van der Waals surface area contributed by atoms with Gasteiger partial charge in [-0.1, -0.05) is 18.7 Å². The summed E-state index contributed by atoms with van der Waals surface area (Å²) in [5.41, 5.74) is 5.66. The van der Waals surface area contributed by atoms with Crippen LogP contribution < -0.4 is 21.3 Å². The van der Waals surface area contributed by atoms with Gasteiger partial charge in [0.25, 0.3) is 0 Å². The third kappa shape index (κ3) is 7.31. The fourth-order valence-corrected chi connectivity index (χ4v) is 3.27. The van der Waals surface area contributed by atoms with E-state index in [-0.39, 0.29) is 5.91 Å². The zero-order valence-corrected chi connectivity index (χ0v) is 19.4. The number of aromatic nitrogens is 3. The number of allylic oxidation sites excluding steroid dienone is 1. The second-order valence-corrected chi connectivity index (χ2v) is 7.82. The molecule has 0 bridgehead atoms. The van der Waals surface area contributed by atoms with Crippen LogP contribution in [0, 0.1) is 6.92 Å². The number of amides is 1. The molecule has 0 radical (unpaired) electrons. The summed E-state index contributed by atoms with van der Waals surface area (Å²) in [4.78, 5) is 24.7. The van der Waals surface area contributed by atoms with Crippen LogP contribution in [0.3, 0.4) is 0 Å². The Morgan fingerprint density at radius 2 is 1.85 bits per heavy atom. The lowest BCUT2D eigenvalue weighted by molar-refractivity contribution is -0.119. The van der Waals surface area contributed by atoms with E-state index in [0.717, 1.165) is 59.1 Å². The van der Waals surface area contributed by atoms with Gasteiger partial charge in [-0.15, -0.1) is 0 Å². The van der Waals surface area contributed by atoms with Crippen molar-refractivity contribution in [1.29, 1.82) is 0 Å². The summed E-state index contributed by atoms with van der Waals surface area (Å²) < 4.78 is 0. The first-order chi connectivity index (χ1) is 15.9. The van der Waals surface area contributed by atoms with Gasteiger partial charge in [0.15, 0.2) is 0 Å². The number of benzene rings is 1. The number of carbonyl (C=O) groups is 1. The van der Waals surface area contributed by atoms with Crippen molar-refractivity contribution in [2.75, 3.05) is 23.7 Å². The molecule has 0 saturated carbocycles. The van der Waals surface area contributed by atoms with Crippen LogP contribution >= 0.6 is 0 Å². The third-order valence-corrected chi connectivity index (χ3v) is 4.93. The number of anilines is 3. The van der Waals surface area contributed by atoms with Gasteiger partial charge in [0.2, 0.25) is 11.9 Å². The Balaban J connectivity index is 1.70. The van der Waals surface area contributed by atoms with Crippen LogP contribution in [0.2, 0.25) is 0 Å². The van der Waals surface area contributed by atoms with Crippen molar-refractivity contribution in [3.63, 3.8) is 0 Å². The SMILES string of the molecule is C=C(C)NCCCNc1nccc(-c2ccnc(Nc3cccc(CNC(C)=O)c3)n2)c1C. The van der Waals surface area contributed by atoms with Crippen LogP contribution in [0.25, 0.3) is 11.3 Å². The molecule has 2 heterocycles. The number of hydrogen-bond donors (Lipinski definition) is 4. The van der Waals surface area contributed by atoms with Crippen molar-refractivity contribution in [2.45, 2.75) is 33.7 Å². The standard InChI is InChI=1S/C25H31N7O/c1-17(2)26-11-6-12-27-24-18(3)22(9-13-28-24)23-10-14-29-25(32-23)31-21-8-5-7-20(15-21)16-30-19(4)33/h5,7-10,13-15,26H,1,6,11-12,16H2,2-4H3,(H,27,28)(H,30,33)(H,29,31,32). The third-order valence-electron chi connectivity index (χ3n) is 4.93. The molecular formula is C25H31N7O. The maximum absolute atomic E-state index is 11.2. The molecule has 1 aromatic carbocycles. The van der Waals surface area contributed by atoms with E-state index in [1.165, 1.54) is 6.92 Å². The van der Waals surface area contributed by atoms with Crippen LogP contribution in [0.15, 0.2) is 61.1 Å². The monoisotopic (exact) mass is 445 g/mol. The van der Waals surface area contributed by atoms with Crippen molar-refractivity contribution in [1.82, 2.24) is 25.6 Å². The number of rotatable bonds is 11. The van der Waals surface area contributed by atoms with Crippen LogP contribution in [-0.2, 0) is 11.3 Å². The minimum absolute atomic E-state index is 0.0606. The summed E-state index contributed by atoms with van der Waals surface area (Å²) in [6, 6.07) is 11.6. The zero-order chi connectivity index (χ0) is 23.6. The molecular weight excluding hydrogens is 414 g/mol. The van der Waals surface area contributed by atoms with E-state index in [1.54, 1.807) is 12.4 Å². The molecule has 8 heteroatoms. The van der Waals surface area contributed by atoms with Gasteiger partial charge in [-0.05, 0) is 50.1 Å². The largest absolute Gasteiger partial charge is 0.389 e. The summed E-state index contributed by atoms with van der Waals surface area (Å²) >= 11 is 0. The van der Waals surface area contributed by atoms with Gasteiger partial charge in [0, 0.05) is 61.5 Å². The minimum Gasteiger partial charge on any atom is -0.389 e. The van der Waals surface area contributed by atoms with Crippen molar-refractivity contribution >= 4 is 23.4 Å². The van der Waals surface area contributed by atoms with Crippen molar-refractivity contribution < 1.29 is 4.79 Å². The second kappa shape index (κ2) is 11.6. The van der Waals surface area contributed by atoms with Crippen molar-refractivity contribution in [3.8, 4) is 11.3 Å². The fourth-order valence-electron chi connectivity index (χ4n) is 3.27. The molecule has 3 aromatic rings. The van der Waals surface area contributed by atoms with E-state index in [4.69, 9.17) is 4.98 Å². The molecule has 0 saturated heterocycles. The summed E-state index contributed by atoms with van der Waals surface area (Å²) in [6.07, 6.45) is 4.49. The van der Waals surface area contributed by atoms with Gasteiger partial charge >= 0.3 is 0 Å². The molecule has 4 N–H and O–H groups in total. The molecule has 0 aliphatic rings. The number of nitrogens with zero attached hydrogens (tertiary/aromatic N) is 3. The molecule has 33 heavy (non-hydrogen) atoms. The van der Waals surface area contributed by atoms with E-state index < -0.39 is 0 Å². The van der Waals surface area contributed by atoms with E-state index >= 15 is 0 Å². The maximum Gasteiger partial charge on any atom is 0.227 e. The lowest BCUT2D eigenvalue weighted by Crippen LogP contribution is -2.18. The van der Waals surface area contributed by atoms with Crippen LogP contribution in [0.1, 0.15) is 31.4 Å². The average Bonchev–Trinajstić information content (AvgIpc) is 2.79. The lowest BCUT2D eigenvalue weighted by atomic mass is 10.1. The first-order valence-electron chi connectivity index (χ1n) is 10.9. The summed E-state index contributed by atoms with van der Waals surface area (Å²) in [5.74, 6) is 1.29. The van der Waals surface area contributed by atoms with Gasteiger partial charge in [-0.2, -0.15) is 0 Å². The van der Waals surface area contributed by atoms with Crippen molar-refractivity contribution in [2.24, 2.45) is 0 Å². The summed E-state index contributed by atoms with van der Waals surface area (Å²) in [5, 5.41) is 12.7. The van der Waals surface area contributed by atoms with Gasteiger partial charge in [0.1, 0.15) is 5.82 Å². The highest BCUT2D eigenvalue weighted by atomic mass is 16.1. The van der Waals surface area contributed by atoms with E-state index in [2.05, 4.69) is 37.8 Å². The van der Waals surface area contributed by atoms with E-state index in [0.29, 0.717) is 12.5 Å². The highest BCUT2D eigenvalue weighted by Gasteiger charge is 2.10. The maximum atomic E-state index is 11.2. The van der Waals surface area contributed by atoms with Crippen LogP contribution in [0.5, 0.6) is 0 Å². The Bertz CT molecular complexity index is 1110. The van der Waals surface area contributed by atoms with E-state index in [9.17, 15) is 4.79 Å². The topological polar surface area (TPSA) is 104 Å². The second-order valence-electron chi connectivity index (χ2n) is 7.82.